The molecule has 2 rings (SSSR count). The minimum Gasteiger partial charge on any atom is -0.369 e. The molecule has 2 N–H and O–H groups in total. The molecule has 19 heavy (non-hydrogen) atoms. The van der Waals surface area contributed by atoms with Gasteiger partial charge >= 0.3 is 0 Å². The number of ether oxygens (including phenoxy) is 1. The maximum Gasteiger partial charge on any atom is 0.211 e. The second-order valence-electron chi connectivity index (χ2n) is 4.57. The Morgan fingerprint density at radius 3 is 3.00 bits per heavy atom. The molecular weight excluding hydrogens is 266 g/mol. The lowest BCUT2D eigenvalue weighted by atomic mass is 10.1. The Morgan fingerprint density at radius 2 is 2.32 bits per heavy atom. The zero-order chi connectivity index (χ0) is 13.9. The van der Waals surface area contributed by atoms with Gasteiger partial charge in [0.1, 0.15) is 6.10 Å². The minimum atomic E-state index is -3.18. The summed E-state index contributed by atoms with van der Waals surface area (Å²) in [6.45, 7) is 1.65. The summed E-state index contributed by atoms with van der Waals surface area (Å²) in [5.74, 6) is 0. The van der Waals surface area contributed by atoms with Crippen LogP contribution in [0.25, 0.3) is 0 Å². The van der Waals surface area contributed by atoms with E-state index >= 15 is 0 Å². The SMILES string of the molecule is CS(=O)(=O)N1CCO[C@@H](c2cccc(CCN)n2)C1. The van der Waals surface area contributed by atoms with Gasteiger partial charge in [-0.2, -0.15) is 4.31 Å². The number of nitrogens with zero attached hydrogens (tertiary/aromatic N) is 2. The van der Waals surface area contributed by atoms with Crippen molar-refractivity contribution in [1.82, 2.24) is 9.29 Å². The Balaban J connectivity index is 2.15. The van der Waals surface area contributed by atoms with Crippen LogP contribution in [0.5, 0.6) is 0 Å². The third-order valence-electron chi connectivity index (χ3n) is 3.06. The Kier molecular flexibility index (Phi) is 4.51. The van der Waals surface area contributed by atoms with Crippen LogP contribution in [-0.4, -0.2) is 50.2 Å². The molecule has 0 aliphatic carbocycles. The highest BCUT2D eigenvalue weighted by Gasteiger charge is 2.28. The molecule has 106 valence electrons. The number of hydrogen-bond acceptors (Lipinski definition) is 5. The molecule has 0 amide bonds. The molecule has 1 aliphatic heterocycles. The van der Waals surface area contributed by atoms with Crippen LogP contribution in [0.2, 0.25) is 0 Å². The number of pyridine rings is 1. The second kappa shape index (κ2) is 5.96. The fraction of sp³-hybridized carbons (Fsp3) is 0.583. The molecule has 0 spiro atoms. The van der Waals surface area contributed by atoms with Gasteiger partial charge in [0, 0.05) is 25.2 Å². The second-order valence-corrected chi connectivity index (χ2v) is 6.56. The number of morpholine rings is 1. The van der Waals surface area contributed by atoms with Crippen LogP contribution in [-0.2, 0) is 21.2 Å². The van der Waals surface area contributed by atoms with Crippen molar-refractivity contribution in [1.29, 1.82) is 0 Å². The van der Waals surface area contributed by atoms with E-state index < -0.39 is 10.0 Å². The number of rotatable bonds is 4. The maximum absolute atomic E-state index is 11.6. The first-order valence-electron chi connectivity index (χ1n) is 6.23. The Bertz CT molecular complexity index is 533. The third-order valence-corrected chi connectivity index (χ3v) is 4.33. The molecule has 1 saturated heterocycles. The van der Waals surface area contributed by atoms with Gasteiger partial charge in [-0.05, 0) is 18.7 Å². The monoisotopic (exact) mass is 285 g/mol. The number of hydrogen-bond donors (Lipinski definition) is 1. The standard InChI is InChI=1S/C12H19N3O3S/c1-19(16,17)15-7-8-18-12(9-15)11-4-2-3-10(14-11)5-6-13/h2-4,12H,5-9,13H2,1H3/t12-/m1/s1. The molecule has 0 aromatic carbocycles. The lowest BCUT2D eigenvalue weighted by Gasteiger charge is -2.31. The van der Waals surface area contributed by atoms with E-state index in [2.05, 4.69) is 4.98 Å². The van der Waals surface area contributed by atoms with Gasteiger partial charge in [0.25, 0.3) is 0 Å². The smallest absolute Gasteiger partial charge is 0.211 e. The summed E-state index contributed by atoms with van der Waals surface area (Å²) < 4.78 is 30.2. The predicted octanol–water partition coefficient (Wildman–Crippen LogP) is -0.0843. The molecule has 1 atom stereocenters. The molecular formula is C12H19N3O3S. The summed E-state index contributed by atoms with van der Waals surface area (Å²) in [6.07, 6.45) is 1.62. The summed E-state index contributed by atoms with van der Waals surface area (Å²) in [5, 5.41) is 0. The largest absolute Gasteiger partial charge is 0.369 e. The van der Waals surface area contributed by atoms with Gasteiger partial charge < -0.3 is 10.5 Å². The van der Waals surface area contributed by atoms with Crippen LogP contribution >= 0.6 is 0 Å². The topological polar surface area (TPSA) is 85.5 Å². The fourth-order valence-corrected chi connectivity index (χ4v) is 2.88. The van der Waals surface area contributed by atoms with E-state index in [1.54, 1.807) is 0 Å². The Morgan fingerprint density at radius 1 is 1.53 bits per heavy atom. The first-order valence-corrected chi connectivity index (χ1v) is 8.08. The molecule has 0 unspecified atom stereocenters. The lowest BCUT2D eigenvalue weighted by molar-refractivity contribution is -0.00482. The molecule has 1 fully saturated rings. The number of sulfonamides is 1. The van der Waals surface area contributed by atoms with Gasteiger partial charge in [0.05, 0.1) is 18.6 Å². The van der Waals surface area contributed by atoms with Crippen LogP contribution < -0.4 is 5.73 Å². The first kappa shape index (κ1) is 14.4. The van der Waals surface area contributed by atoms with Gasteiger partial charge in [-0.3, -0.25) is 4.98 Å². The molecule has 2 heterocycles. The third kappa shape index (κ3) is 3.73. The lowest BCUT2D eigenvalue weighted by Crippen LogP contribution is -2.41. The average molecular weight is 285 g/mol. The van der Waals surface area contributed by atoms with Crippen LogP contribution in [0.1, 0.15) is 17.5 Å². The van der Waals surface area contributed by atoms with Gasteiger partial charge in [0.15, 0.2) is 0 Å². The molecule has 0 bridgehead atoms. The zero-order valence-electron chi connectivity index (χ0n) is 10.9. The molecule has 1 aromatic heterocycles. The van der Waals surface area contributed by atoms with Gasteiger partial charge in [-0.1, -0.05) is 6.07 Å². The average Bonchev–Trinajstić information content (AvgIpc) is 2.39. The van der Waals surface area contributed by atoms with E-state index in [1.807, 2.05) is 18.2 Å². The van der Waals surface area contributed by atoms with Crippen molar-refractivity contribution in [3.8, 4) is 0 Å². The van der Waals surface area contributed by atoms with Crippen molar-refractivity contribution in [2.45, 2.75) is 12.5 Å². The van der Waals surface area contributed by atoms with Crippen LogP contribution in [0, 0.1) is 0 Å². The highest BCUT2D eigenvalue weighted by molar-refractivity contribution is 7.88. The highest BCUT2D eigenvalue weighted by Crippen LogP contribution is 2.22. The van der Waals surface area contributed by atoms with E-state index in [1.165, 1.54) is 10.6 Å². The van der Waals surface area contributed by atoms with Gasteiger partial charge in [-0.15, -0.1) is 0 Å². The van der Waals surface area contributed by atoms with Crippen molar-refractivity contribution in [3.63, 3.8) is 0 Å². The Hall–Kier alpha value is -1.02. The summed E-state index contributed by atoms with van der Waals surface area (Å²) in [5.41, 5.74) is 7.18. The van der Waals surface area contributed by atoms with Crippen LogP contribution in [0.15, 0.2) is 18.2 Å². The minimum absolute atomic E-state index is 0.304. The Labute approximate surface area is 113 Å². The molecule has 1 aromatic rings. The van der Waals surface area contributed by atoms with E-state index in [0.29, 0.717) is 32.7 Å². The van der Waals surface area contributed by atoms with E-state index in [0.717, 1.165) is 11.4 Å². The van der Waals surface area contributed by atoms with Gasteiger partial charge in [0.2, 0.25) is 10.0 Å². The maximum atomic E-state index is 11.6. The van der Waals surface area contributed by atoms with E-state index in [-0.39, 0.29) is 6.10 Å². The summed E-state index contributed by atoms with van der Waals surface area (Å²) >= 11 is 0. The summed E-state index contributed by atoms with van der Waals surface area (Å²) in [7, 11) is -3.18. The first-order chi connectivity index (χ1) is 9.00. The summed E-state index contributed by atoms with van der Waals surface area (Å²) in [4.78, 5) is 4.48. The van der Waals surface area contributed by atoms with Crippen molar-refractivity contribution in [2.24, 2.45) is 5.73 Å². The predicted molar refractivity (Wildman–Crippen MR) is 72.1 cm³/mol. The number of nitrogens with two attached hydrogens (primary N) is 1. The zero-order valence-corrected chi connectivity index (χ0v) is 11.8. The number of aromatic nitrogens is 1. The highest BCUT2D eigenvalue weighted by atomic mass is 32.2. The molecule has 0 radical (unpaired) electrons. The normalized spacial score (nSPS) is 21.5. The van der Waals surface area contributed by atoms with Crippen molar-refractivity contribution < 1.29 is 13.2 Å². The molecule has 0 saturated carbocycles. The quantitative estimate of drug-likeness (QED) is 0.836. The molecule has 1 aliphatic rings. The molecule has 6 nitrogen and oxygen atoms in total. The van der Waals surface area contributed by atoms with E-state index in [9.17, 15) is 8.42 Å². The van der Waals surface area contributed by atoms with Crippen molar-refractivity contribution in [3.05, 3.63) is 29.6 Å². The van der Waals surface area contributed by atoms with Crippen molar-refractivity contribution in [2.75, 3.05) is 32.5 Å². The fourth-order valence-electron chi connectivity index (χ4n) is 2.07. The summed E-state index contributed by atoms with van der Waals surface area (Å²) in [6, 6.07) is 5.67. The van der Waals surface area contributed by atoms with Crippen LogP contribution in [0.4, 0.5) is 0 Å². The van der Waals surface area contributed by atoms with Crippen LogP contribution in [0.3, 0.4) is 0 Å². The van der Waals surface area contributed by atoms with Crippen molar-refractivity contribution >= 4 is 10.0 Å². The van der Waals surface area contributed by atoms with E-state index in [4.69, 9.17) is 10.5 Å². The van der Waals surface area contributed by atoms with Gasteiger partial charge in [-0.25, -0.2) is 8.42 Å². The molecule has 7 heteroatoms.